The Hall–Kier alpha value is -1.23. The molecule has 1 fully saturated rings. The number of aryl methyl sites for hydroxylation is 2. The number of rotatable bonds is 5. The van der Waals surface area contributed by atoms with E-state index in [1.165, 1.54) is 19.3 Å². The van der Waals surface area contributed by atoms with Gasteiger partial charge in [-0.25, -0.2) is 4.68 Å². The smallest absolute Gasteiger partial charge is 0.150 e. The molecule has 0 bridgehead atoms. The van der Waals surface area contributed by atoms with E-state index in [-0.39, 0.29) is 6.61 Å². The van der Waals surface area contributed by atoms with Gasteiger partial charge in [-0.2, -0.15) is 5.10 Å². The molecule has 1 aliphatic carbocycles. The Bertz CT molecular complexity index is 384. The lowest BCUT2D eigenvalue weighted by Gasteiger charge is -2.39. The Labute approximate surface area is 102 Å². The number of aliphatic hydroxyl groups is 1. The zero-order chi connectivity index (χ0) is 12.4. The van der Waals surface area contributed by atoms with Crippen molar-refractivity contribution in [2.45, 2.75) is 45.7 Å². The summed E-state index contributed by atoms with van der Waals surface area (Å²) in [6, 6.07) is 0.519. The van der Waals surface area contributed by atoms with E-state index in [9.17, 15) is 5.11 Å². The van der Waals surface area contributed by atoms with Crippen LogP contribution in [0.5, 0.6) is 0 Å². The van der Waals surface area contributed by atoms with Gasteiger partial charge in [0, 0.05) is 19.1 Å². The molecule has 0 unspecified atom stereocenters. The summed E-state index contributed by atoms with van der Waals surface area (Å²) in [5.74, 6) is 0.990. The van der Waals surface area contributed by atoms with Crippen LogP contribution in [0.25, 0.3) is 0 Å². The Morgan fingerprint density at radius 3 is 2.71 bits per heavy atom. The summed E-state index contributed by atoms with van der Waals surface area (Å²) in [5.41, 5.74) is 7.76. The van der Waals surface area contributed by atoms with Gasteiger partial charge in [-0.15, -0.1) is 0 Å². The van der Waals surface area contributed by atoms with Crippen LogP contribution < -0.4 is 10.6 Å². The molecular formula is C12H22N4O. The van der Waals surface area contributed by atoms with Crippen LogP contribution >= 0.6 is 0 Å². The number of aliphatic hydroxyl groups excluding tert-OH is 1. The minimum atomic E-state index is 0.157. The summed E-state index contributed by atoms with van der Waals surface area (Å²) in [4.78, 5) is 2.22. The second-order valence-corrected chi connectivity index (χ2v) is 4.64. The molecule has 5 heteroatoms. The lowest BCUT2D eigenvalue weighted by atomic mass is 9.91. The SMILES string of the molecule is CCn1nc(C)c(N)c1N(CCO)C1CCC1. The van der Waals surface area contributed by atoms with E-state index in [1.807, 2.05) is 11.6 Å². The van der Waals surface area contributed by atoms with Crippen LogP contribution in [-0.4, -0.2) is 34.1 Å². The third-order valence-corrected chi connectivity index (χ3v) is 3.57. The van der Waals surface area contributed by atoms with Crippen molar-refractivity contribution in [1.82, 2.24) is 9.78 Å². The van der Waals surface area contributed by atoms with E-state index in [4.69, 9.17) is 5.73 Å². The first kappa shape index (κ1) is 12.2. The predicted octanol–water partition coefficient (Wildman–Crippen LogP) is 1.14. The monoisotopic (exact) mass is 238 g/mol. The highest BCUT2D eigenvalue weighted by Crippen LogP contribution is 2.34. The van der Waals surface area contributed by atoms with Crippen LogP contribution in [0.3, 0.4) is 0 Å². The van der Waals surface area contributed by atoms with Crippen LogP contribution in [0, 0.1) is 6.92 Å². The molecule has 0 atom stereocenters. The average Bonchev–Trinajstić information content (AvgIpc) is 2.52. The number of anilines is 2. The normalized spacial score (nSPS) is 15.9. The summed E-state index contributed by atoms with van der Waals surface area (Å²) in [5, 5.41) is 13.7. The van der Waals surface area contributed by atoms with Crippen molar-refractivity contribution in [1.29, 1.82) is 0 Å². The van der Waals surface area contributed by atoms with Crippen LogP contribution in [0.15, 0.2) is 0 Å². The van der Waals surface area contributed by atoms with Crippen molar-refractivity contribution in [3.05, 3.63) is 5.69 Å². The predicted molar refractivity (Wildman–Crippen MR) is 69.1 cm³/mol. The Balaban J connectivity index is 2.33. The lowest BCUT2D eigenvalue weighted by molar-refractivity contribution is 0.281. The van der Waals surface area contributed by atoms with Gasteiger partial charge >= 0.3 is 0 Å². The molecule has 2 rings (SSSR count). The van der Waals surface area contributed by atoms with Crippen molar-refractivity contribution in [2.24, 2.45) is 0 Å². The number of aromatic nitrogens is 2. The molecule has 3 N–H and O–H groups in total. The van der Waals surface area contributed by atoms with E-state index in [0.29, 0.717) is 12.6 Å². The Kier molecular flexibility index (Phi) is 3.57. The Morgan fingerprint density at radius 1 is 1.53 bits per heavy atom. The summed E-state index contributed by atoms with van der Waals surface area (Å²) in [6.45, 7) is 5.60. The quantitative estimate of drug-likeness (QED) is 0.807. The van der Waals surface area contributed by atoms with Gasteiger partial charge in [0.25, 0.3) is 0 Å². The van der Waals surface area contributed by atoms with Gasteiger partial charge in [-0.1, -0.05) is 0 Å². The number of hydrogen-bond acceptors (Lipinski definition) is 4. The van der Waals surface area contributed by atoms with Crippen LogP contribution in [0.4, 0.5) is 11.5 Å². The topological polar surface area (TPSA) is 67.3 Å². The fourth-order valence-corrected chi connectivity index (χ4v) is 2.37. The van der Waals surface area contributed by atoms with Gasteiger partial charge in [0.15, 0.2) is 5.82 Å². The highest BCUT2D eigenvalue weighted by molar-refractivity contribution is 5.66. The largest absolute Gasteiger partial charge is 0.395 e. The van der Waals surface area contributed by atoms with Crippen LogP contribution in [-0.2, 0) is 6.54 Å². The molecule has 96 valence electrons. The molecule has 0 saturated heterocycles. The maximum absolute atomic E-state index is 9.22. The molecule has 1 aromatic rings. The van der Waals surface area contributed by atoms with Crippen molar-refractivity contribution in [2.75, 3.05) is 23.8 Å². The first-order valence-electron chi connectivity index (χ1n) is 6.39. The van der Waals surface area contributed by atoms with Gasteiger partial charge in [-0.3, -0.25) is 0 Å². The third kappa shape index (κ3) is 2.11. The minimum Gasteiger partial charge on any atom is -0.395 e. The van der Waals surface area contributed by atoms with E-state index >= 15 is 0 Å². The second kappa shape index (κ2) is 4.96. The van der Waals surface area contributed by atoms with E-state index < -0.39 is 0 Å². The number of nitrogens with two attached hydrogens (primary N) is 1. The molecule has 1 aromatic heterocycles. The fourth-order valence-electron chi connectivity index (χ4n) is 2.37. The molecule has 5 nitrogen and oxygen atoms in total. The van der Waals surface area contributed by atoms with E-state index in [0.717, 1.165) is 23.7 Å². The zero-order valence-corrected chi connectivity index (χ0v) is 10.7. The van der Waals surface area contributed by atoms with Gasteiger partial charge in [0.2, 0.25) is 0 Å². The Morgan fingerprint density at radius 2 is 2.24 bits per heavy atom. The molecule has 0 aliphatic heterocycles. The molecular weight excluding hydrogens is 216 g/mol. The average molecular weight is 238 g/mol. The summed E-state index contributed by atoms with van der Waals surface area (Å²) >= 11 is 0. The van der Waals surface area contributed by atoms with Gasteiger partial charge in [-0.05, 0) is 33.1 Å². The van der Waals surface area contributed by atoms with Crippen LogP contribution in [0.1, 0.15) is 31.9 Å². The lowest BCUT2D eigenvalue weighted by Crippen LogP contribution is -2.43. The molecule has 1 heterocycles. The summed E-state index contributed by atoms with van der Waals surface area (Å²) in [6.07, 6.45) is 3.65. The van der Waals surface area contributed by atoms with Crippen LogP contribution in [0.2, 0.25) is 0 Å². The maximum Gasteiger partial charge on any atom is 0.150 e. The van der Waals surface area contributed by atoms with E-state index in [1.54, 1.807) is 0 Å². The number of nitrogens with zero attached hydrogens (tertiary/aromatic N) is 3. The van der Waals surface area contributed by atoms with E-state index in [2.05, 4.69) is 16.9 Å². The van der Waals surface area contributed by atoms with Gasteiger partial charge in [0.05, 0.1) is 18.0 Å². The highest BCUT2D eigenvalue weighted by atomic mass is 16.3. The molecule has 17 heavy (non-hydrogen) atoms. The van der Waals surface area contributed by atoms with Crippen molar-refractivity contribution < 1.29 is 5.11 Å². The number of hydrogen-bond donors (Lipinski definition) is 2. The third-order valence-electron chi connectivity index (χ3n) is 3.57. The van der Waals surface area contributed by atoms with Crippen molar-refractivity contribution >= 4 is 11.5 Å². The summed E-state index contributed by atoms with van der Waals surface area (Å²) in [7, 11) is 0. The number of nitrogen functional groups attached to an aromatic ring is 1. The standard InChI is InChI=1S/C12H22N4O/c1-3-16-12(11(13)9(2)14-16)15(7-8-17)10-5-4-6-10/h10,17H,3-8,13H2,1-2H3. The summed E-state index contributed by atoms with van der Waals surface area (Å²) < 4.78 is 1.94. The molecule has 0 amide bonds. The fraction of sp³-hybridized carbons (Fsp3) is 0.750. The minimum absolute atomic E-state index is 0.157. The maximum atomic E-state index is 9.22. The molecule has 0 aromatic carbocycles. The molecule has 0 spiro atoms. The van der Waals surface area contributed by atoms with Crippen molar-refractivity contribution in [3.63, 3.8) is 0 Å². The first-order chi connectivity index (χ1) is 8.19. The highest BCUT2D eigenvalue weighted by Gasteiger charge is 2.29. The first-order valence-corrected chi connectivity index (χ1v) is 6.39. The van der Waals surface area contributed by atoms with Gasteiger partial charge < -0.3 is 15.7 Å². The molecule has 0 radical (unpaired) electrons. The molecule has 1 aliphatic rings. The van der Waals surface area contributed by atoms with Crippen molar-refractivity contribution in [3.8, 4) is 0 Å². The zero-order valence-electron chi connectivity index (χ0n) is 10.7. The molecule has 1 saturated carbocycles. The second-order valence-electron chi connectivity index (χ2n) is 4.64. The van der Waals surface area contributed by atoms with Gasteiger partial charge in [0.1, 0.15) is 0 Å².